The summed E-state index contributed by atoms with van der Waals surface area (Å²) >= 11 is 0. The van der Waals surface area contributed by atoms with Gasteiger partial charge >= 0.3 is 0 Å². The predicted octanol–water partition coefficient (Wildman–Crippen LogP) is 1.84. The van der Waals surface area contributed by atoms with Crippen LogP contribution < -0.4 is 0 Å². The summed E-state index contributed by atoms with van der Waals surface area (Å²) in [7, 11) is 0. The smallest absolute Gasteiger partial charge is 0.0497 e. The first-order valence-corrected chi connectivity index (χ1v) is 5.12. The molecule has 2 heterocycles. The van der Waals surface area contributed by atoms with Crippen molar-refractivity contribution < 1.29 is 9.47 Å². The van der Waals surface area contributed by atoms with E-state index < -0.39 is 0 Å². The van der Waals surface area contributed by atoms with Crippen LogP contribution in [0.25, 0.3) is 0 Å². The monoisotopic (exact) mass is 170 g/mol. The largest absolute Gasteiger partial charge is 0.381 e. The molecule has 2 atom stereocenters. The molecule has 0 N–H and O–H groups in total. The van der Waals surface area contributed by atoms with Crippen LogP contribution in [0, 0.1) is 11.8 Å². The van der Waals surface area contributed by atoms with E-state index in [1.165, 1.54) is 25.7 Å². The van der Waals surface area contributed by atoms with Gasteiger partial charge in [0.1, 0.15) is 0 Å². The third-order valence-electron chi connectivity index (χ3n) is 3.06. The number of rotatable bonds is 1. The van der Waals surface area contributed by atoms with Crippen LogP contribution in [0.4, 0.5) is 0 Å². The molecule has 0 saturated carbocycles. The average molecular weight is 170 g/mol. The molecular formula is C10H18O2. The van der Waals surface area contributed by atoms with E-state index >= 15 is 0 Å². The van der Waals surface area contributed by atoms with Crippen LogP contribution in [-0.4, -0.2) is 26.4 Å². The second-order valence-corrected chi connectivity index (χ2v) is 3.95. The van der Waals surface area contributed by atoms with E-state index in [1.807, 2.05) is 0 Å². The lowest BCUT2D eigenvalue weighted by Crippen LogP contribution is -2.30. The molecule has 0 amide bonds. The van der Waals surface area contributed by atoms with Gasteiger partial charge < -0.3 is 9.47 Å². The van der Waals surface area contributed by atoms with Crippen LogP contribution in [0.2, 0.25) is 0 Å². The van der Waals surface area contributed by atoms with Crippen molar-refractivity contribution in [3.05, 3.63) is 0 Å². The quantitative estimate of drug-likeness (QED) is 0.598. The molecule has 0 aliphatic carbocycles. The average Bonchev–Trinajstić information content (AvgIpc) is 2.21. The number of hydrogen-bond acceptors (Lipinski definition) is 2. The van der Waals surface area contributed by atoms with E-state index in [4.69, 9.17) is 9.47 Å². The van der Waals surface area contributed by atoms with Crippen molar-refractivity contribution in [3.63, 3.8) is 0 Å². The Morgan fingerprint density at radius 3 is 1.58 bits per heavy atom. The van der Waals surface area contributed by atoms with Gasteiger partial charge in [0.05, 0.1) is 0 Å². The van der Waals surface area contributed by atoms with Crippen LogP contribution in [0.1, 0.15) is 25.7 Å². The Labute approximate surface area is 74.2 Å². The zero-order valence-electron chi connectivity index (χ0n) is 7.63. The minimum Gasteiger partial charge on any atom is -0.381 e. The summed E-state index contributed by atoms with van der Waals surface area (Å²) in [5.74, 6) is 1.58. The zero-order chi connectivity index (χ0) is 8.23. The highest BCUT2D eigenvalue weighted by Crippen LogP contribution is 2.28. The molecule has 0 aromatic heterocycles. The van der Waals surface area contributed by atoms with Gasteiger partial charge in [-0.25, -0.2) is 0 Å². The maximum Gasteiger partial charge on any atom is 0.0497 e. The van der Waals surface area contributed by atoms with Crippen LogP contribution >= 0.6 is 0 Å². The molecule has 0 aromatic rings. The summed E-state index contributed by atoms with van der Waals surface area (Å²) in [6.45, 7) is 3.91. The molecule has 0 bridgehead atoms. The molecular weight excluding hydrogens is 152 g/mol. The number of ether oxygens (including phenoxy) is 2. The van der Waals surface area contributed by atoms with Crippen LogP contribution in [0.5, 0.6) is 0 Å². The third kappa shape index (κ3) is 1.99. The Morgan fingerprint density at radius 1 is 0.750 bits per heavy atom. The summed E-state index contributed by atoms with van der Waals surface area (Å²) in [4.78, 5) is 0. The topological polar surface area (TPSA) is 18.5 Å². The van der Waals surface area contributed by atoms with Gasteiger partial charge in [-0.1, -0.05) is 0 Å². The van der Waals surface area contributed by atoms with E-state index in [0.29, 0.717) is 0 Å². The molecule has 2 aliphatic heterocycles. The first-order valence-electron chi connectivity index (χ1n) is 5.12. The fourth-order valence-electron chi connectivity index (χ4n) is 2.27. The van der Waals surface area contributed by atoms with E-state index in [0.717, 1.165) is 38.3 Å². The lowest BCUT2D eigenvalue weighted by molar-refractivity contribution is -0.0235. The van der Waals surface area contributed by atoms with Crippen molar-refractivity contribution in [1.82, 2.24) is 0 Å². The van der Waals surface area contributed by atoms with Crippen LogP contribution in [0.15, 0.2) is 0 Å². The van der Waals surface area contributed by atoms with Crippen molar-refractivity contribution >= 4 is 0 Å². The molecule has 2 rings (SSSR count). The van der Waals surface area contributed by atoms with E-state index in [2.05, 4.69) is 0 Å². The molecule has 2 heteroatoms. The zero-order valence-corrected chi connectivity index (χ0v) is 7.63. The molecule has 2 nitrogen and oxygen atoms in total. The molecule has 12 heavy (non-hydrogen) atoms. The minimum atomic E-state index is 0.791. The van der Waals surface area contributed by atoms with Crippen molar-refractivity contribution in [3.8, 4) is 0 Å². The molecule has 0 spiro atoms. The highest BCUT2D eigenvalue weighted by Gasteiger charge is 2.25. The van der Waals surface area contributed by atoms with Crippen molar-refractivity contribution in [2.24, 2.45) is 11.8 Å². The Kier molecular flexibility index (Phi) is 3.01. The van der Waals surface area contributed by atoms with Gasteiger partial charge in [-0.2, -0.15) is 0 Å². The van der Waals surface area contributed by atoms with Crippen LogP contribution in [-0.2, 0) is 9.47 Å². The minimum absolute atomic E-state index is 0.791. The third-order valence-corrected chi connectivity index (χ3v) is 3.06. The lowest BCUT2D eigenvalue weighted by Gasteiger charge is -2.32. The molecule has 2 aliphatic rings. The highest BCUT2D eigenvalue weighted by atomic mass is 16.5. The second-order valence-electron chi connectivity index (χ2n) is 3.95. The van der Waals surface area contributed by atoms with Gasteiger partial charge in [-0.05, 0) is 37.5 Å². The van der Waals surface area contributed by atoms with Crippen LogP contribution in [0.3, 0.4) is 0 Å². The van der Waals surface area contributed by atoms with E-state index in [1.54, 1.807) is 0 Å². The Morgan fingerprint density at radius 2 is 1.25 bits per heavy atom. The standard InChI is InChI=1S/C10H18O2/c1-3-9(7-11-5-1)10-4-2-6-12-8-10/h9-10H,1-8H2. The summed E-state index contributed by atoms with van der Waals surface area (Å²) in [5.41, 5.74) is 0. The van der Waals surface area contributed by atoms with Gasteiger partial charge in [-0.15, -0.1) is 0 Å². The molecule has 2 fully saturated rings. The summed E-state index contributed by atoms with van der Waals surface area (Å²) in [6.07, 6.45) is 5.21. The van der Waals surface area contributed by atoms with Gasteiger partial charge in [0.25, 0.3) is 0 Å². The molecule has 2 saturated heterocycles. The fourth-order valence-corrected chi connectivity index (χ4v) is 2.27. The first kappa shape index (κ1) is 8.52. The summed E-state index contributed by atoms with van der Waals surface area (Å²) in [6, 6.07) is 0. The predicted molar refractivity (Wildman–Crippen MR) is 47.1 cm³/mol. The van der Waals surface area contributed by atoms with Gasteiger partial charge in [0, 0.05) is 26.4 Å². The first-order chi connectivity index (χ1) is 5.97. The molecule has 2 unspecified atom stereocenters. The maximum absolute atomic E-state index is 5.48. The van der Waals surface area contributed by atoms with Gasteiger partial charge in [0.2, 0.25) is 0 Å². The maximum atomic E-state index is 5.48. The molecule has 0 radical (unpaired) electrons. The Bertz CT molecular complexity index is 108. The van der Waals surface area contributed by atoms with Crippen molar-refractivity contribution in [2.45, 2.75) is 25.7 Å². The van der Waals surface area contributed by atoms with E-state index in [9.17, 15) is 0 Å². The molecule has 0 aromatic carbocycles. The van der Waals surface area contributed by atoms with E-state index in [-0.39, 0.29) is 0 Å². The Balaban J connectivity index is 1.80. The Hall–Kier alpha value is -0.0800. The van der Waals surface area contributed by atoms with Gasteiger partial charge in [-0.3, -0.25) is 0 Å². The second kappa shape index (κ2) is 4.24. The van der Waals surface area contributed by atoms with Gasteiger partial charge in [0.15, 0.2) is 0 Å². The summed E-state index contributed by atoms with van der Waals surface area (Å²) < 4.78 is 11.0. The number of hydrogen-bond donors (Lipinski definition) is 0. The fraction of sp³-hybridized carbons (Fsp3) is 1.00. The molecule has 70 valence electrons. The summed E-state index contributed by atoms with van der Waals surface area (Å²) in [5, 5.41) is 0. The van der Waals surface area contributed by atoms with Crippen molar-refractivity contribution in [1.29, 1.82) is 0 Å². The SMILES string of the molecule is C1COCC(C2CCCOC2)C1. The van der Waals surface area contributed by atoms with Crippen molar-refractivity contribution in [2.75, 3.05) is 26.4 Å². The lowest BCUT2D eigenvalue weighted by atomic mass is 9.84. The highest BCUT2D eigenvalue weighted by molar-refractivity contribution is 4.74. The normalized spacial score (nSPS) is 38.0.